The normalized spacial score (nSPS) is 13.5. The van der Waals surface area contributed by atoms with Gasteiger partial charge in [0.1, 0.15) is 36.9 Å². The molecule has 12 heteroatoms. The maximum absolute atomic E-state index is 14.2. The number of hydrogen-bond donors (Lipinski definition) is 3. The summed E-state index contributed by atoms with van der Waals surface area (Å²) in [7, 11) is 0. The van der Waals surface area contributed by atoms with Gasteiger partial charge in [0.2, 0.25) is 5.91 Å². The number of hydrogen-bond acceptors (Lipinski definition) is 9. The summed E-state index contributed by atoms with van der Waals surface area (Å²) in [5.41, 5.74) is 1.53. The van der Waals surface area contributed by atoms with Crippen molar-refractivity contribution in [3.05, 3.63) is 108 Å². The lowest BCUT2D eigenvalue weighted by molar-refractivity contribution is -0.172. The van der Waals surface area contributed by atoms with Gasteiger partial charge in [0, 0.05) is 19.4 Å². The highest BCUT2D eigenvalue weighted by atomic mass is 16.6. The van der Waals surface area contributed by atoms with Crippen molar-refractivity contribution >= 4 is 29.9 Å². The number of esters is 2. The van der Waals surface area contributed by atoms with E-state index in [4.69, 9.17) is 14.2 Å². The van der Waals surface area contributed by atoms with Crippen LogP contribution in [0.1, 0.15) is 63.6 Å². The highest BCUT2D eigenvalue weighted by Crippen LogP contribution is 2.45. The summed E-state index contributed by atoms with van der Waals surface area (Å²) < 4.78 is 16.4. The van der Waals surface area contributed by atoms with Crippen LogP contribution in [0.25, 0.3) is 11.1 Å². The minimum absolute atomic E-state index is 0.00154. The van der Waals surface area contributed by atoms with E-state index < -0.39 is 65.8 Å². The van der Waals surface area contributed by atoms with Gasteiger partial charge in [-0.15, -0.1) is 0 Å². The number of nitrogens with zero attached hydrogens (tertiary/aromatic N) is 1. The summed E-state index contributed by atoms with van der Waals surface area (Å²) in [6.07, 6.45) is 0.321. The van der Waals surface area contributed by atoms with Crippen molar-refractivity contribution in [2.75, 3.05) is 19.9 Å². The Balaban J connectivity index is 1.63. The zero-order chi connectivity index (χ0) is 38.1. The Morgan fingerprint density at radius 2 is 1.44 bits per heavy atom. The van der Waals surface area contributed by atoms with Crippen molar-refractivity contribution < 1.29 is 43.3 Å². The first-order chi connectivity index (χ1) is 24.7. The molecule has 0 saturated carbocycles. The van der Waals surface area contributed by atoms with E-state index in [1.165, 1.54) is 24.8 Å². The first kappa shape index (κ1) is 39.3. The molecule has 0 aliphatic heterocycles. The Morgan fingerprint density at radius 3 is 2.00 bits per heavy atom. The van der Waals surface area contributed by atoms with Gasteiger partial charge in [-0.1, -0.05) is 91.5 Å². The Bertz CT molecular complexity index is 1720. The number of carboxylic acids is 1. The van der Waals surface area contributed by atoms with Gasteiger partial charge in [-0.05, 0) is 62.4 Å². The molecule has 0 fully saturated rings. The number of ether oxygens (including phenoxy) is 3. The molecule has 1 aliphatic carbocycles. The monoisotopic (exact) mass is 713 g/mol. The third-order valence-electron chi connectivity index (χ3n) is 8.62. The first-order valence-corrected chi connectivity index (χ1v) is 17.1. The predicted octanol–water partition coefficient (Wildman–Crippen LogP) is 5.20. The fourth-order valence-electron chi connectivity index (χ4n) is 6.43. The summed E-state index contributed by atoms with van der Waals surface area (Å²) in [5, 5.41) is 15.9. The third kappa shape index (κ3) is 9.64. The van der Waals surface area contributed by atoms with Crippen molar-refractivity contribution in [2.24, 2.45) is 0 Å². The Kier molecular flexibility index (Phi) is 13.0. The molecule has 0 heterocycles. The standard InChI is InChI=1S/C40H47N3O9/c1-7-23-50-38(49)41-22-21-32(44)43(31(36(47)52-39(2,3)4)24-26-15-9-8-10-16-26)40(5,6)34(35(45)46)42-25-51-37(48)33-29-19-13-11-17-27(29)28-18-12-14-20-30(28)33/h7-20,31,33-34,42H,1,21-25H2,2-6H3,(H,41,49)(H,45,46)/t31-,34+/m0/s1. The number of fused-ring (bicyclic) bond motifs is 3. The summed E-state index contributed by atoms with van der Waals surface area (Å²) in [6.45, 7) is 10.9. The maximum atomic E-state index is 14.2. The Morgan fingerprint density at radius 1 is 0.865 bits per heavy atom. The summed E-state index contributed by atoms with van der Waals surface area (Å²) in [5.74, 6) is -4.03. The Labute approximate surface area is 304 Å². The zero-order valence-corrected chi connectivity index (χ0v) is 30.2. The molecule has 3 aromatic rings. The largest absolute Gasteiger partial charge is 0.480 e. The summed E-state index contributed by atoms with van der Waals surface area (Å²) >= 11 is 0. The van der Waals surface area contributed by atoms with Crippen molar-refractivity contribution in [2.45, 2.75) is 76.6 Å². The predicted molar refractivity (Wildman–Crippen MR) is 194 cm³/mol. The second kappa shape index (κ2) is 17.1. The fraction of sp³-hybridized carbons (Fsp3) is 0.375. The van der Waals surface area contributed by atoms with Crippen molar-refractivity contribution in [3.8, 4) is 11.1 Å². The van der Waals surface area contributed by atoms with Crippen LogP contribution < -0.4 is 10.6 Å². The second-order valence-electron chi connectivity index (χ2n) is 13.9. The fourth-order valence-corrected chi connectivity index (χ4v) is 6.43. The van der Waals surface area contributed by atoms with Crippen LogP contribution in [0.5, 0.6) is 0 Å². The summed E-state index contributed by atoms with van der Waals surface area (Å²) in [6, 6.07) is 21.2. The molecule has 1 aliphatic rings. The molecule has 2 amide bonds. The van der Waals surface area contributed by atoms with Crippen LogP contribution in [0, 0.1) is 0 Å². The molecular formula is C40H47N3O9. The topological polar surface area (TPSA) is 161 Å². The van der Waals surface area contributed by atoms with Gasteiger partial charge < -0.3 is 29.5 Å². The molecule has 0 spiro atoms. The molecule has 52 heavy (non-hydrogen) atoms. The van der Waals surface area contributed by atoms with Crippen molar-refractivity contribution in [3.63, 3.8) is 0 Å². The Hall–Kier alpha value is -5.49. The molecule has 0 unspecified atom stereocenters. The maximum Gasteiger partial charge on any atom is 0.407 e. The van der Waals surface area contributed by atoms with E-state index in [1.807, 2.05) is 54.6 Å². The minimum atomic E-state index is -1.64. The van der Waals surface area contributed by atoms with Crippen molar-refractivity contribution in [1.29, 1.82) is 0 Å². The van der Waals surface area contributed by atoms with E-state index in [9.17, 15) is 29.1 Å². The number of aliphatic carboxylic acids is 1. The lowest BCUT2D eigenvalue weighted by atomic mass is 9.88. The number of benzene rings is 3. The second-order valence-corrected chi connectivity index (χ2v) is 13.9. The van der Waals surface area contributed by atoms with Gasteiger partial charge in [0.25, 0.3) is 0 Å². The smallest absolute Gasteiger partial charge is 0.407 e. The molecule has 12 nitrogen and oxygen atoms in total. The molecule has 2 atom stereocenters. The van der Waals surface area contributed by atoms with Gasteiger partial charge in [0.05, 0.1) is 5.54 Å². The van der Waals surface area contributed by atoms with E-state index >= 15 is 0 Å². The molecule has 0 saturated heterocycles. The number of rotatable bonds is 16. The van der Waals surface area contributed by atoms with Crippen LogP contribution in [0.3, 0.4) is 0 Å². The molecule has 0 aromatic heterocycles. The van der Waals surface area contributed by atoms with Gasteiger partial charge in [-0.3, -0.25) is 19.7 Å². The quantitative estimate of drug-likeness (QED) is 0.0779. The SMILES string of the molecule is C=CCOC(=O)NCCC(=O)N([C@@H](Cc1ccccc1)C(=O)OC(C)(C)C)C(C)(C)[C@H](NCOC(=O)C1c2ccccc2-c2ccccc21)C(=O)O. The van der Waals surface area contributed by atoms with E-state index in [2.05, 4.69) is 17.2 Å². The molecule has 3 aromatic carbocycles. The zero-order valence-electron chi connectivity index (χ0n) is 30.2. The van der Waals surface area contributed by atoms with Crippen LogP contribution in [0.15, 0.2) is 91.5 Å². The number of alkyl carbamates (subject to hydrolysis) is 1. The lowest BCUT2D eigenvalue weighted by Crippen LogP contribution is -2.67. The van der Waals surface area contributed by atoms with Crippen LogP contribution in [0.4, 0.5) is 4.79 Å². The van der Waals surface area contributed by atoms with Crippen LogP contribution in [-0.2, 0) is 39.8 Å². The highest BCUT2D eigenvalue weighted by molar-refractivity contribution is 5.93. The third-order valence-corrected chi connectivity index (χ3v) is 8.62. The molecule has 3 N–H and O–H groups in total. The number of amides is 2. The number of carbonyl (C=O) groups is 5. The lowest BCUT2D eigenvalue weighted by Gasteiger charge is -2.46. The first-order valence-electron chi connectivity index (χ1n) is 17.1. The number of carboxylic acid groups (broad SMARTS) is 1. The molecular weight excluding hydrogens is 666 g/mol. The number of nitrogens with one attached hydrogen (secondary N) is 2. The van der Waals surface area contributed by atoms with Gasteiger partial charge >= 0.3 is 24.0 Å². The molecule has 0 bridgehead atoms. The summed E-state index contributed by atoms with van der Waals surface area (Å²) in [4.78, 5) is 68.0. The van der Waals surface area contributed by atoms with Gasteiger partial charge in [-0.2, -0.15) is 0 Å². The van der Waals surface area contributed by atoms with E-state index in [0.717, 1.165) is 22.3 Å². The highest BCUT2D eigenvalue weighted by Gasteiger charge is 2.48. The average molecular weight is 714 g/mol. The van der Waals surface area contributed by atoms with Gasteiger partial charge in [0.15, 0.2) is 0 Å². The van der Waals surface area contributed by atoms with Crippen LogP contribution in [0.2, 0.25) is 0 Å². The molecule has 0 radical (unpaired) electrons. The minimum Gasteiger partial charge on any atom is -0.480 e. The van der Waals surface area contributed by atoms with E-state index in [-0.39, 0.29) is 26.0 Å². The van der Waals surface area contributed by atoms with Gasteiger partial charge in [-0.25, -0.2) is 9.59 Å². The number of carbonyl (C=O) groups excluding carboxylic acids is 4. The molecule has 4 rings (SSSR count). The van der Waals surface area contributed by atoms with Crippen LogP contribution >= 0.6 is 0 Å². The van der Waals surface area contributed by atoms with E-state index in [0.29, 0.717) is 5.56 Å². The molecule has 276 valence electrons. The van der Waals surface area contributed by atoms with Crippen LogP contribution in [-0.4, -0.2) is 83.0 Å². The average Bonchev–Trinajstić information content (AvgIpc) is 3.42. The van der Waals surface area contributed by atoms with Crippen molar-refractivity contribution in [1.82, 2.24) is 15.5 Å². The van der Waals surface area contributed by atoms with E-state index in [1.54, 1.807) is 45.0 Å².